The zero-order valence-corrected chi connectivity index (χ0v) is 17.2. The highest BCUT2D eigenvalue weighted by Gasteiger charge is 2.71. The highest BCUT2D eigenvalue weighted by Crippen LogP contribution is 2.58. The van der Waals surface area contributed by atoms with E-state index in [1.54, 1.807) is 42.5 Å². The number of hydrogen-bond acceptors (Lipinski definition) is 6. The third kappa shape index (κ3) is 2.48. The van der Waals surface area contributed by atoms with Crippen LogP contribution in [0.4, 0.5) is 0 Å². The normalized spacial score (nSPS) is 22.8. The second-order valence-electron chi connectivity index (χ2n) is 8.24. The molecule has 0 saturated heterocycles. The minimum absolute atomic E-state index is 0.161. The van der Waals surface area contributed by atoms with Gasteiger partial charge in [-0.15, -0.1) is 0 Å². The number of benzene rings is 2. The lowest BCUT2D eigenvalue weighted by Gasteiger charge is -2.34. The number of hydrogen-bond donors (Lipinski definition) is 4. The molecular weight excluding hydrogens is 414 g/mol. The van der Waals surface area contributed by atoms with Gasteiger partial charge in [0.1, 0.15) is 11.4 Å². The predicted molar refractivity (Wildman–Crippen MR) is 113 cm³/mol. The van der Waals surface area contributed by atoms with Crippen molar-refractivity contribution in [3.05, 3.63) is 97.3 Å². The number of aromatic nitrogens is 2. The summed E-state index contributed by atoms with van der Waals surface area (Å²) in [4.78, 5) is 54.4. The van der Waals surface area contributed by atoms with E-state index < -0.39 is 34.3 Å². The lowest BCUT2D eigenvalue weighted by molar-refractivity contribution is -0.169. The number of rotatable bonds is 3. The summed E-state index contributed by atoms with van der Waals surface area (Å²) in [6.45, 7) is 3.99. The van der Waals surface area contributed by atoms with Gasteiger partial charge in [0.15, 0.2) is 0 Å². The van der Waals surface area contributed by atoms with E-state index in [1.165, 1.54) is 0 Å². The van der Waals surface area contributed by atoms with E-state index in [4.69, 9.17) is 4.74 Å². The molecule has 3 aromatic rings. The monoisotopic (exact) mass is 433 g/mol. The molecule has 2 heterocycles. The molecule has 9 heteroatoms. The van der Waals surface area contributed by atoms with Gasteiger partial charge in [-0.05, 0) is 17.5 Å². The third-order valence-electron chi connectivity index (χ3n) is 6.03. The Kier molecular flexibility index (Phi) is 4.06. The number of carbonyl (C=O) groups excluding carboxylic acids is 2. The van der Waals surface area contributed by atoms with Crippen molar-refractivity contribution in [2.24, 2.45) is 0 Å². The molecular formula is C23H19N3O6. The molecule has 2 aliphatic rings. The van der Waals surface area contributed by atoms with Gasteiger partial charge in [-0.3, -0.25) is 19.4 Å². The molecule has 32 heavy (non-hydrogen) atoms. The second kappa shape index (κ2) is 6.51. The van der Waals surface area contributed by atoms with Crippen molar-refractivity contribution in [3.8, 4) is 5.75 Å². The first-order chi connectivity index (χ1) is 15.2. The number of ether oxygens (including phenoxy) is 1. The summed E-state index contributed by atoms with van der Waals surface area (Å²) in [5.74, 6) is -3.27. The van der Waals surface area contributed by atoms with Crippen LogP contribution in [0.1, 0.15) is 57.3 Å². The number of aromatic amines is 2. The molecule has 0 spiro atoms. The van der Waals surface area contributed by atoms with E-state index in [-0.39, 0.29) is 34.1 Å². The first kappa shape index (κ1) is 20.0. The molecule has 2 aromatic carbocycles. The SMILES string of the molecule is CC(C)c1ccc2c(c1)OC1(O)c3ccccc3C(=O)C21NC(=O)c1cc(=O)[nH]c(=O)[nH]1. The Morgan fingerprint density at radius 2 is 1.78 bits per heavy atom. The Bertz CT molecular complexity index is 1390. The minimum Gasteiger partial charge on any atom is -0.454 e. The number of ketones is 1. The number of nitrogens with one attached hydrogen (secondary N) is 3. The van der Waals surface area contributed by atoms with Gasteiger partial charge in [0.25, 0.3) is 17.3 Å². The maximum absolute atomic E-state index is 13.7. The van der Waals surface area contributed by atoms with Crippen LogP contribution in [0.5, 0.6) is 5.75 Å². The van der Waals surface area contributed by atoms with Crippen LogP contribution in [0, 0.1) is 0 Å². The predicted octanol–water partition coefficient (Wildman–Crippen LogP) is 1.25. The van der Waals surface area contributed by atoms with Gasteiger partial charge in [-0.2, -0.15) is 0 Å². The van der Waals surface area contributed by atoms with Crippen LogP contribution in [0.3, 0.4) is 0 Å². The fraction of sp³-hybridized carbons (Fsp3) is 0.217. The molecule has 2 unspecified atom stereocenters. The summed E-state index contributed by atoms with van der Waals surface area (Å²) in [7, 11) is 0. The lowest BCUT2D eigenvalue weighted by atomic mass is 9.82. The molecule has 1 aliphatic carbocycles. The van der Waals surface area contributed by atoms with Gasteiger partial charge in [0.05, 0.1) is 0 Å². The number of aliphatic hydroxyl groups is 1. The Hall–Kier alpha value is -3.98. The Morgan fingerprint density at radius 3 is 2.50 bits per heavy atom. The van der Waals surface area contributed by atoms with Crippen molar-refractivity contribution >= 4 is 11.7 Å². The van der Waals surface area contributed by atoms with E-state index in [2.05, 4.69) is 10.3 Å². The number of H-pyrrole nitrogens is 2. The van der Waals surface area contributed by atoms with Gasteiger partial charge in [-0.25, -0.2) is 4.79 Å². The standard InChI is InChI=1S/C23H19N3O6/c1-11(2)12-7-8-15-17(9-12)32-23(31)14-6-4-3-5-13(14)19(28)22(15,23)26-20(29)16-10-18(27)25-21(30)24-16/h3-11,31H,1-2H3,(H,26,29)(H2,24,25,27,30). The highest BCUT2D eigenvalue weighted by molar-refractivity contribution is 6.13. The summed E-state index contributed by atoms with van der Waals surface area (Å²) in [6, 6.07) is 12.5. The van der Waals surface area contributed by atoms with E-state index in [1.807, 2.05) is 18.8 Å². The topological polar surface area (TPSA) is 141 Å². The van der Waals surface area contributed by atoms with E-state index in [0.29, 0.717) is 0 Å². The smallest absolute Gasteiger partial charge is 0.326 e. The second-order valence-corrected chi connectivity index (χ2v) is 8.24. The minimum atomic E-state index is -2.21. The molecule has 2 atom stereocenters. The van der Waals surface area contributed by atoms with E-state index in [9.17, 15) is 24.3 Å². The largest absolute Gasteiger partial charge is 0.454 e. The van der Waals surface area contributed by atoms with Crippen LogP contribution in [0.15, 0.2) is 58.1 Å². The summed E-state index contributed by atoms with van der Waals surface area (Å²) in [5, 5.41) is 14.3. The van der Waals surface area contributed by atoms with Gasteiger partial charge in [0.2, 0.25) is 11.3 Å². The molecule has 0 radical (unpaired) electrons. The van der Waals surface area contributed by atoms with Crippen molar-refractivity contribution in [2.45, 2.75) is 31.1 Å². The third-order valence-corrected chi connectivity index (χ3v) is 6.03. The van der Waals surface area contributed by atoms with Crippen LogP contribution in [-0.2, 0) is 11.3 Å². The number of carbonyl (C=O) groups is 2. The molecule has 1 aliphatic heterocycles. The van der Waals surface area contributed by atoms with Crippen LogP contribution >= 0.6 is 0 Å². The maximum Gasteiger partial charge on any atom is 0.326 e. The molecule has 1 aromatic heterocycles. The first-order valence-corrected chi connectivity index (χ1v) is 10.0. The molecule has 0 fully saturated rings. The molecule has 5 rings (SSSR count). The average molecular weight is 433 g/mol. The van der Waals surface area contributed by atoms with Crippen molar-refractivity contribution < 1.29 is 19.4 Å². The van der Waals surface area contributed by atoms with Crippen molar-refractivity contribution in [1.82, 2.24) is 15.3 Å². The van der Waals surface area contributed by atoms with Crippen molar-refractivity contribution in [3.63, 3.8) is 0 Å². The fourth-order valence-corrected chi connectivity index (χ4v) is 4.46. The Balaban J connectivity index is 1.73. The Labute approximate surface area is 181 Å². The molecule has 162 valence electrons. The number of fused-ring (bicyclic) bond motifs is 5. The quantitative estimate of drug-likeness (QED) is 0.490. The van der Waals surface area contributed by atoms with E-state index >= 15 is 0 Å². The molecule has 4 N–H and O–H groups in total. The average Bonchev–Trinajstić information content (AvgIpc) is 3.10. The van der Waals surface area contributed by atoms with Crippen molar-refractivity contribution in [2.75, 3.05) is 0 Å². The lowest BCUT2D eigenvalue weighted by Crippen LogP contribution is -2.60. The van der Waals surface area contributed by atoms with Crippen LogP contribution in [-0.4, -0.2) is 26.8 Å². The summed E-state index contributed by atoms with van der Waals surface area (Å²) in [5.41, 5.74) is -2.39. The zero-order chi connectivity index (χ0) is 22.8. The summed E-state index contributed by atoms with van der Waals surface area (Å²) in [6.07, 6.45) is 0. The van der Waals surface area contributed by atoms with E-state index in [0.717, 1.165) is 11.6 Å². The maximum atomic E-state index is 13.7. The number of Topliss-reactive ketones (excluding diaryl/α,β-unsaturated/α-hetero) is 1. The van der Waals surface area contributed by atoms with Gasteiger partial charge in [0, 0.05) is 22.8 Å². The first-order valence-electron chi connectivity index (χ1n) is 10.0. The molecule has 9 nitrogen and oxygen atoms in total. The van der Waals surface area contributed by atoms with Crippen LogP contribution < -0.4 is 21.3 Å². The Morgan fingerprint density at radius 1 is 1.03 bits per heavy atom. The van der Waals surface area contributed by atoms with Crippen LogP contribution in [0.2, 0.25) is 0 Å². The van der Waals surface area contributed by atoms with Gasteiger partial charge < -0.3 is 20.1 Å². The zero-order valence-electron chi connectivity index (χ0n) is 17.2. The number of amides is 1. The van der Waals surface area contributed by atoms with Gasteiger partial charge >= 0.3 is 5.69 Å². The molecule has 0 bridgehead atoms. The van der Waals surface area contributed by atoms with Crippen LogP contribution in [0.25, 0.3) is 0 Å². The van der Waals surface area contributed by atoms with Crippen molar-refractivity contribution in [1.29, 1.82) is 0 Å². The summed E-state index contributed by atoms with van der Waals surface area (Å²) >= 11 is 0. The van der Waals surface area contributed by atoms with Gasteiger partial charge in [-0.1, -0.05) is 50.2 Å². The fourth-order valence-electron chi connectivity index (χ4n) is 4.46. The molecule has 0 saturated carbocycles. The summed E-state index contributed by atoms with van der Waals surface area (Å²) < 4.78 is 5.97. The molecule has 1 amide bonds. The highest BCUT2D eigenvalue weighted by atomic mass is 16.6.